The van der Waals surface area contributed by atoms with Crippen molar-refractivity contribution >= 4 is 33.4 Å². The van der Waals surface area contributed by atoms with Crippen LogP contribution in [-0.4, -0.2) is 39.2 Å². The van der Waals surface area contributed by atoms with Gasteiger partial charge >= 0.3 is 5.97 Å². The zero-order valence-electron chi connectivity index (χ0n) is 15.5. The summed E-state index contributed by atoms with van der Waals surface area (Å²) in [5, 5.41) is 2.50. The summed E-state index contributed by atoms with van der Waals surface area (Å²) in [7, 11) is -3.87. The van der Waals surface area contributed by atoms with Gasteiger partial charge in [-0.25, -0.2) is 13.2 Å². The minimum atomic E-state index is -3.87. The number of anilines is 1. The minimum Gasteiger partial charge on any atom is -0.452 e. The van der Waals surface area contributed by atoms with E-state index in [0.717, 1.165) is 6.07 Å². The van der Waals surface area contributed by atoms with Gasteiger partial charge in [0.05, 0.1) is 22.7 Å². The Balaban J connectivity index is 2.03. The molecule has 2 rings (SSSR count). The predicted octanol–water partition coefficient (Wildman–Crippen LogP) is 1.60. The molecule has 8 nitrogen and oxygen atoms in total. The third kappa shape index (κ3) is 6.00. The molecule has 0 saturated carbocycles. The van der Waals surface area contributed by atoms with Crippen LogP contribution < -0.4 is 10.0 Å². The van der Waals surface area contributed by atoms with E-state index in [2.05, 4.69) is 16.0 Å². The Hall–Kier alpha value is -3.48. The lowest BCUT2D eigenvalue weighted by Gasteiger charge is -2.10. The van der Waals surface area contributed by atoms with Crippen LogP contribution in [0.5, 0.6) is 0 Å². The zero-order valence-corrected chi connectivity index (χ0v) is 16.3. The number of hydrogen-bond donors (Lipinski definition) is 2. The summed E-state index contributed by atoms with van der Waals surface area (Å²) < 4.78 is 31.2. The van der Waals surface area contributed by atoms with Crippen LogP contribution >= 0.6 is 0 Å². The molecule has 0 heterocycles. The minimum absolute atomic E-state index is 0.0504. The number of hydrogen-bond acceptors (Lipinski definition) is 6. The maximum Gasteiger partial charge on any atom is 0.338 e. The normalized spacial score (nSPS) is 10.6. The van der Waals surface area contributed by atoms with Crippen molar-refractivity contribution in [1.29, 1.82) is 0 Å². The number of sulfonamides is 1. The van der Waals surface area contributed by atoms with Crippen molar-refractivity contribution in [3.05, 3.63) is 59.7 Å². The van der Waals surface area contributed by atoms with Crippen molar-refractivity contribution in [2.75, 3.05) is 18.5 Å². The molecular formula is C20H18N2O6S. The van der Waals surface area contributed by atoms with Crippen LogP contribution in [0.4, 0.5) is 5.69 Å². The fourth-order valence-corrected chi connectivity index (χ4v) is 3.29. The Labute approximate surface area is 168 Å². The number of amides is 1. The number of carbonyl (C=O) groups excluding carboxylic acids is 3. The monoisotopic (exact) mass is 414 g/mol. The van der Waals surface area contributed by atoms with Crippen molar-refractivity contribution in [3.8, 4) is 12.3 Å². The molecule has 0 unspecified atom stereocenters. The van der Waals surface area contributed by atoms with E-state index in [1.54, 1.807) is 24.3 Å². The summed E-state index contributed by atoms with van der Waals surface area (Å²) >= 11 is 0. The lowest BCUT2D eigenvalue weighted by molar-refractivity contribution is -0.119. The highest BCUT2D eigenvalue weighted by Gasteiger charge is 2.17. The van der Waals surface area contributed by atoms with Crippen LogP contribution in [0.2, 0.25) is 0 Å². The maximum absolute atomic E-state index is 12.2. The number of para-hydroxylation sites is 1. The van der Waals surface area contributed by atoms with Crippen molar-refractivity contribution in [2.24, 2.45) is 0 Å². The first-order valence-corrected chi connectivity index (χ1v) is 9.83. The molecule has 9 heteroatoms. The van der Waals surface area contributed by atoms with Gasteiger partial charge in [-0.3, -0.25) is 9.59 Å². The van der Waals surface area contributed by atoms with Crippen LogP contribution in [0, 0.1) is 12.3 Å². The van der Waals surface area contributed by atoms with Gasteiger partial charge in [-0.1, -0.05) is 24.1 Å². The zero-order chi connectivity index (χ0) is 21.4. The lowest BCUT2D eigenvalue weighted by atomic mass is 10.1. The Bertz CT molecular complexity index is 1090. The predicted molar refractivity (Wildman–Crippen MR) is 106 cm³/mol. The molecule has 0 aromatic heterocycles. The van der Waals surface area contributed by atoms with Gasteiger partial charge in [-0.05, 0) is 37.3 Å². The molecule has 2 aromatic rings. The van der Waals surface area contributed by atoms with Gasteiger partial charge in [0.1, 0.15) is 0 Å². The summed E-state index contributed by atoms with van der Waals surface area (Å²) in [6.45, 7) is 0.556. The van der Waals surface area contributed by atoms with Crippen LogP contribution in [0.15, 0.2) is 53.4 Å². The number of nitrogens with one attached hydrogen (secondary N) is 2. The second-order valence-electron chi connectivity index (χ2n) is 5.78. The van der Waals surface area contributed by atoms with Crippen LogP contribution in [0.1, 0.15) is 27.6 Å². The van der Waals surface area contributed by atoms with E-state index < -0.39 is 28.5 Å². The molecule has 0 aliphatic carbocycles. The second kappa shape index (κ2) is 9.64. The fraction of sp³-hybridized carbons (Fsp3) is 0.150. The standard InChI is InChI=1S/C20H18N2O6S/c1-3-11-21-29(26,27)16-8-6-7-15(12-16)20(25)28-13-19(24)22-18-10-5-4-9-17(18)14(2)23/h1,4-10,12,21H,11,13H2,2H3,(H,22,24). The molecule has 2 N–H and O–H groups in total. The number of ether oxygens (including phenoxy) is 1. The molecule has 1 amide bonds. The number of rotatable bonds is 8. The van der Waals surface area contributed by atoms with Crippen molar-refractivity contribution in [1.82, 2.24) is 4.72 Å². The Kier molecular flexibility index (Phi) is 7.25. The Morgan fingerprint density at radius 3 is 2.52 bits per heavy atom. The van der Waals surface area contributed by atoms with Gasteiger partial charge < -0.3 is 10.1 Å². The molecule has 150 valence electrons. The number of ketones is 1. The van der Waals surface area contributed by atoms with E-state index in [-0.39, 0.29) is 22.8 Å². The molecule has 0 bridgehead atoms. The van der Waals surface area contributed by atoms with Gasteiger partial charge in [0, 0.05) is 5.56 Å². The molecule has 0 spiro atoms. The average Bonchev–Trinajstić information content (AvgIpc) is 2.71. The van der Waals surface area contributed by atoms with E-state index >= 15 is 0 Å². The molecule has 2 aromatic carbocycles. The largest absolute Gasteiger partial charge is 0.452 e. The topological polar surface area (TPSA) is 119 Å². The summed E-state index contributed by atoms with van der Waals surface area (Å²) in [6, 6.07) is 11.5. The first kappa shape index (κ1) is 21.8. The quantitative estimate of drug-likeness (QED) is 0.385. The lowest BCUT2D eigenvalue weighted by Crippen LogP contribution is -2.24. The van der Waals surface area contributed by atoms with E-state index in [0.29, 0.717) is 11.3 Å². The van der Waals surface area contributed by atoms with E-state index in [1.165, 1.54) is 25.1 Å². The number of carbonyl (C=O) groups is 3. The average molecular weight is 414 g/mol. The highest BCUT2D eigenvalue weighted by molar-refractivity contribution is 7.89. The SMILES string of the molecule is C#CCNS(=O)(=O)c1cccc(C(=O)OCC(=O)Nc2ccccc2C(C)=O)c1. The molecule has 0 aliphatic heterocycles. The molecule has 0 atom stereocenters. The summed E-state index contributed by atoms with van der Waals surface area (Å²) in [4.78, 5) is 35.6. The summed E-state index contributed by atoms with van der Waals surface area (Å²) in [5.41, 5.74) is 0.573. The van der Waals surface area contributed by atoms with Gasteiger partial charge in [0.25, 0.3) is 5.91 Å². The second-order valence-corrected chi connectivity index (χ2v) is 7.55. The number of esters is 1. The molecule has 0 fully saturated rings. The fourth-order valence-electron chi connectivity index (χ4n) is 2.31. The Morgan fingerprint density at radius 2 is 1.83 bits per heavy atom. The smallest absolute Gasteiger partial charge is 0.338 e. The van der Waals surface area contributed by atoms with E-state index in [1.807, 2.05) is 0 Å². The molecule has 0 saturated heterocycles. The van der Waals surface area contributed by atoms with Gasteiger partial charge in [0.2, 0.25) is 10.0 Å². The van der Waals surface area contributed by atoms with Gasteiger partial charge in [0.15, 0.2) is 12.4 Å². The molecule has 0 radical (unpaired) electrons. The van der Waals surface area contributed by atoms with Crippen molar-refractivity contribution in [3.63, 3.8) is 0 Å². The summed E-state index contributed by atoms with van der Waals surface area (Å²) in [6.07, 6.45) is 5.03. The maximum atomic E-state index is 12.2. The number of benzene rings is 2. The third-order valence-corrected chi connectivity index (χ3v) is 5.06. The highest BCUT2D eigenvalue weighted by Crippen LogP contribution is 2.16. The third-order valence-electron chi connectivity index (χ3n) is 3.66. The van der Waals surface area contributed by atoms with E-state index in [9.17, 15) is 22.8 Å². The molecular weight excluding hydrogens is 396 g/mol. The van der Waals surface area contributed by atoms with E-state index in [4.69, 9.17) is 11.2 Å². The molecule has 29 heavy (non-hydrogen) atoms. The summed E-state index contributed by atoms with van der Waals surface area (Å²) in [5.74, 6) is 0.392. The first-order chi connectivity index (χ1) is 13.7. The van der Waals surface area contributed by atoms with Crippen molar-refractivity contribution < 1.29 is 27.5 Å². The van der Waals surface area contributed by atoms with Crippen LogP contribution in [0.3, 0.4) is 0 Å². The Morgan fingerprint density at radius 1 is 1.10 bits per heavy atom. The van der Waals surface area contributed by atoms with Gasteiger partial charge in [-0.15, -0.1) is 6.42 Å². The number of terminal acetylenes is 1. The molecule has 0 aliphatic rings. The van der Waals surface area contributed by atoms with Gasteiger partial charge in [-0.2, -0.15) is 4.72 Å². The van der Waals surface area contributed by atoms with Crippen molar-refractivity contribution in [2.45, 2.75) is 11.8 Å². The number of Topliss-reactive ketones (excluding diaryl/α,β-unsaturated/α-hetero) is 1. The first-order valence-electron chi connectivity index (χ1n) is 8.34. The highest BCUT2D eigenvalue weighted by atomic mass is 32.2. The van der Waals surface area contributed by atoms with Crippen LogP contribution in [0.25, 0.3) is 0 Å². The van der Waals surface area contributed by atoms with Crippen LogP contribution in [-0.2, 0) is 19.6 Å².